The van der Waals surface area contributed by atoms with E-state index in [0.29, 0.717) is 18.1 Å². The molecule has 11 heteroatoms. The van der Waals surface area contributed by atoms with Crippen LogP contribution in [0.5, 0.6) is 5.75 Å². The maximum absolute atomic E-state index is 13.5. The van der Waals surface area contributed by atoms with Gasteiger partial charge in [-0.15, -0.1) is 0 Å². The first-order chi connectivity index (χ1) is 16.9. The van der Waals surface area contributed by atoms with Gasteiger partial charge in [0.25, 0.3) is 0 Å². The molecule has 0 aromatic heterocycles. The molecule has 0 saturated heterocycles. The second-order valence-corrected chi connectivity index (χ2v) is 9.58. The zero-order valence-electron chi connectivity index (χ0n) is 19.4. The van der Waals surface area contributed by atoms with E-state index in [4.69, 9.17) is 4.18 Å². The van der Waals surface area contributed by atoms with E-state index in [2.05, 4.69) is 5.32 Å². The molecule has 0 radical (unpaired) electrons. The normalized spacial score (nSPS) is 12.6. The van der Waals surface area contributed by atoms with Crippen molar-refractivity contribution in [2.45, 2.75) is 43.9 Å². The molecule has 0 aliphatic carbocycles. The third-order valence-electron chi connectivity index (χ3n) is 5.37. The van der Waals surface area contributed by atoms with Crippen molar-refractivity contribution in [3.63, 3.8) is 0 Å². The monoisotopic (exact) mass is 524 g/mol. The minimum atomic E-state index is -4.71. The number of rotatable bonds is 8. The molecule has 0 heterocycles. The second kappa shape index (κ2) is 11.0. The average molecular weight is 525 g/mol. The first kappa shape index (κ1) is 27.0. The van der Waals surface area contributed by atoms with E-state index >= 15 is 0 Å². The van der Waals surface area contributed by atoms with Crippen LogP contribution in [-0.2, 0) is 22.8 Å². The van der Waals surface area contributed by atoms with E-state index in [-0.39, 0.29) is 24.0 Å². The van der Waals surface area contributed by atoms with Gasteiger partial charge in [0.1, 0.15) is 16.5 Å². The van der Waals surface area contributed by atoms with Gasteiger partial charge in [-0.1, -0.05) is 31.2 Å². The number of urea groups is 1. The van der Waals surface area contributed by atoms with Gasteiger partial charge >= 0.3 is 22.3 Å². The largest absolute Gasteiger partial charge is 0.416 e. The van der Waals surface area contributed by atoms with Crippen molar-refractivity contribution in [1.29, 1.82) is 0 Å². The zero-order chi connectivity index (χ0) is 26.5. The molecular weight excluding hydrogens is 500 g/mol. The smallest absolute Gasteiger partial charge is 0.379 e. The van der Waals surface area contributed by atoms with Crippen LogP contribution in [0.3, 0.4) is 0 Å². The zero-order valence-corrected chi connectivity index (χ0v) is 20.2. The van der Waals surface area contributed by atoms with Gasteiger partial charge in [-0.3, -0.25) is 0 Å². The highest BCUT2D eigenvalue weighted by Crippen LogP contribution is 2.31. The van der Waals surface area contributed by atoms with Gasteiger partial charge in [0.05, 0.1) is 5.56 Å². The van der Waals surface area contributed by atoms with Crippen LogP contribution in [0.15, 0.2) is 77.7 Å². The van der Waals surface area contributed by atoms with Crippen molar-refractivity contribution >= 4 is 21.8 Å². The van der Waals surface area contributed by atoms with Gasteiger partial charge in [-0.2, -0.15) is 21.6 Å². The fourth-order valence-corrected chi connectivity index (χ4v) is 4.27. The Morgan fingerprint density at radius 3 is 2.39 bits per heavy atom. The molecule has 1 unspecified atom stereocenters. The number of alkyl halides is 3. The van der Waals surface area contributed by atoms with Crippen molar-refractivity contribution in [3.8, 4) is 5.75 Å². The molecule has 36 heavy (non-hydrogen) atoms. The second-order valence-electron chi connectivity index (χ2n) is 8.04. The number of hydrogen-bond acceptors (Lipinski definition) is 4. The Hall–Kier alpha value is -3.60. The van der Waals surface area contributed by atoms with E-state index in [0.717, 1.165) is 18.2 Å². The van der Waals surface area contributed by atoms with E-state index in [1.807, 2.05) is 13.8 Å². The summed E-state index contributed by atoms with van der Waals surface area (Å²) in [7, 11) is -4.55. The van der Waals surface area contributed by atoms with Crippen LogP contribution in [0.1, 0.15) is 31.4 Å². The Balaban J connectivity index is 1.80. The lowest BCUT2D eigenvalue weighted by Gasteiger charge is -2.29. The number of amides is 2. The highest BCUT2D eigenvalue weighted by Gasteiger charge is 2.32. The minimum absolute atomic E-state index is 0.0664. The lowest BCUT2D eigenvalue weighted by molar-refractivity contribution is -0.137. The molecule has 1 atom stereocenters. The number of carbonyl (C=O) groups is 1. The van der Waals surface area contributed by atoms with Gasteiger partial charge in [0.2, 0.25) is 0 Å². The summed E-state index contributed by atoms with van der Waals surface area (Å²) in [6, 6.07) is 13.9. The third kappa shape index (κ3) is 6.97. The first-order valence-corrected chi connectivity index (χ1v) is 12.3. The van der Waals surface area contributed by atoms with Crippen molar-refractivity contribution < 1.29 is 35.0 Å². The van der Waals surface area contributed by atoms with E-state index in [9.17, 15) is 30.8 Å². The average Bonchev–Trinajstić information content (AvgIpc) is 2.81. The summed E-state index contributed by atoms with van der Waals surface area (Å²) in [6.07, 6.45) is -4.10. The maximum atomic E-state index is 13.5. The van der Waals surface area contributed by atoms with Crippen LogP contribution >= 0.6 is 0 Å². The van der Waals surface area contributed by atoms with Crippen LogP contribution in [0.4, 0.5) is 28.0 Å². The van der Waals surface area contributed by atoms with E-state index < -0.39 is 38.6 Å². The molecule has 192 valence electrons. The van der Waals surface area contributed by atoms with Crippen molar-refractivity contribution in [2.24, 2.45) is 0 Å². The summed E-state index contributed by atoms with van der Waals surface area (Å²) in [6.45, 7) is 3.77. The number of halogens is 4. The molecular formula is C25H24F4N2O4S. The predicted molar refractivity (Wildman–Crippen MR) is 126 cm³/mol. The summed E-state index contributed by atoms with van der Waals surface area (Å²) >= 11 is 0. The summed E-state index contributed by atoms with van der Waals surface area (Å²) < 4.78 is 82.7. The van der Waals surface area contributed by atoms with E-state index in [1.54, 1.807) is 12.1 Å². The van der Waals surface area contributed by atoms with Crippen LogP contribution in [-0.4, -0.2) is 25.4 Å². The maximum Gasteiger partial charge on any atom is 0.416 e. The van der Waals surface area contributed by atoms with Gasteiger partial charge in [-0.25, -0.2) is 9.18 Å². The first-order valence-electron chi connectivity index (χ1n) is 10.9. The fraction of sp³-hybridized carbons (Fsp3) is 0.240. The molecule has 3 aromatic carbocycles. The predicted octanol–water partition coefficient (Wildman–Crippen LogP) is 6.44. The lowest BCUT2D eigenvalue weighted by atomic mass is 10.1. The van der Waals surface area contributed by atoms with Gasteiger partial charge in [0.15, 0.2) is 0 Å². The molecule has 0 spiro atoms. The van der Waals surface area contributed by atoms with Crippen LogP contribution < -0.4 is 9.50 Å². The topological polar surface area (TPSA) is 75.7 Å². The number of nitrogens with zero attached hydrogens (tertiary/aromatic N) is 1. The number of nitrogens with one attached hydrogen (secondary N) is 1. The van der Waals surface area contributed by atoms with Crippen LogP contribution in [0.25, 0.3) is 0 Å². The number of benzene rings is 3. The van der Waals surface area contributed by atoms with Crippen molar-refractivity contribution in [2.75, 3.05) is 5.32 Å². The summed E-state index contributed by atoms with van der Waals surface area (Å²) in [4.78, 5) is 13.8. The highest BCUT2D eigenvalue weighted by molar-refractivity contribution is 7.87. The van der Waals surface area contributed by atoms with Crippen molar-refractivity contribution in [3.05, 3.63) is 89.7 Å². The SMILES string of the molecule is CCC(C)N(Cc1cccc(OS(=O)(=O)c2cccc(C(F)(F)F)c2)c1)C(=O)Nc1cccc(F)c1. The number of hydrogen-bond donors (Lipinski definition) is 1. The van der Waals surface area contributed by atoms with E-state index in [1.165, 1.54) is 41.3 Å². The van der Waals surface area contributed by atoms with Crippen molar-refractivity contribution in [1.82, 2.24) is 4.90 Å². The molecule has 6 nitrogen and oxygen atoms in total. The Kier molecular flexibility index (Phi) is 8.24. The Bertz CT molecular complexity index is 1330. The van der Waals surface area contributed by atoms with Crippen LogP contribution in [0, 0.1) is 5.82 Å². The molecule has 1 N–H and O–H groups in total. The lowest BCUT2D eigenvalue weighted by Crippen LogP contribution is -2.40. The Morgan fingerprint density at radius 2 is 1.72 bits per heavy atom. The standard InChI is InChI=1S/C25H24F4N2O4S/c1-3-17(2)31(24(32)30-21-10-6-9-20(26)15-21)16-18-7-4-11-22(13-18)35-36(33,34)23-12-5-8-19(14-23)25(27,28)29/h4-15,17H,3,16H2,1-2H3,(H,30,32). The molecule has 3 aromatic rings. The quantitative estimate of drug-likeness (QED) is 0.272. The summed E-state index contributed by atoms with van der Waals surface area (Å²) in [5.74, 6) is -0.630. The molecule has 0 fully saturated rings. The molecule has 0 aliphatic heterocycles. The molecule has 3 rings (SSSR count). The Morgan fingerprint density at radius 1 is 1.03 bits per heavy atom. The summed E-state index contributed by atoms with van der Waals surface area (Å²) in [5.41, 5.74) is -0.326. The highest BCUT2D eigenvalue weighted by atomic mass is 32.2. The number of anilines is 1. The molecule has 0 saturated carbocycles. The Labute approximate surface area is 206 Å². The fourth-order valence-electron chi connectivity index (χ4n) is 3.30. The van der Waals surface area contributed by atoms with Gasteiger partial charge in [-0.05, 0) is 67.4 Å². The molecule has 0 bridgehead atoms. The summed E-state index contributed by atoms with van der Waals surface area (Å²) in [5, 5.41) is 2.64. The number of carbonyl (C=O) groups excluding carboxylic acids is 1. The van der Waals surface area contributed by atoms with Gasteiger partial charge < -0.3 is 14.4 Å². The molecule has 0 aliphatic rings. The molecule has 2 amide bonds. The van der Waals surface area contributed by atoms with Gasteiger partial charge in [0, 0.05) is 18.3 Å². The minimum Gasteiger partial charge on any atom is -0.379 e. The van der Waals surface area contributed by atoms with Crippen LogP contribution in [0.2, 0.25) is 0 Å². The third-order valence-corrected chi connectivity index (χ3v) is 6.61.